The minimum Gasteiger partial charge on any atom is -0.452 e. The van der Waals surface area contributed by atoms with Gasteiger partial charge in [-0.1, -0.05) is 0 Å². The maximum Gasteiger partial charge on any atom is 0.308 e. The van der Waals surface area contributed by atoms with E-state index < -0.39 is 6.10 Å². The third-order valence-electron chi connectivity index (χ3n) is 3.23. The second-order valence-corrected chi connectivity index (χ2v) is 5.32. The lowest BCUT2D eigenvalue weighted by molar-refractivity contribution is -0.155. The van der Waals surface area contributed by atoms with Crippen molar-refractivity contribution in [2.45, 2.75) is 58.7 Å². The van der Waals surface area contributed by atoms with Crippen molar-refractivity contribution in [3.8, 4) is 0 Å². The van der Waals surface area contributed by atoms with Crippen LogP contribution in [0.15, 0.2) is 6.07 Å². The molecule has 1 heterocycles. The number of aryl methyl sites for hydroxylation is 3. The lowest BCUT2D eigenvalue weighted by Gasteiger charge is -2.13. The van der Waals surface area contributed by atoms with Crippen LogP contribution in [-0.4, -0.2) is 33.8 Å². The highest BCUT2D eigenvalue weighted by atomic mass is 16.5. The van der Waals surface area contributed by atoms with Crippen LogP contribution in [-0.2, 0) is 20.9 Å². The second-order valence-electron chi connectivity index (χ2n) is 5.32. The largest absolute Gasteiger partial charge is 0.452 e. The van der Waals surface area contributed by atoms with E-state index in [1.807, 2.05) is 19.9 Å². The molecule has 1 aliphatic carbocycles. The highest BCUT2D eigenvalue weighted by Crippen LogP contribution is 2.18. The zero-order chi connectivity index (χ0) is 14.7. The van der Waals surface area contributed by atoms with Crippen LogP contribution in [0.25, 0.3) is 0 Å². The number of carbonyl (C=O) groups is 2. The van der Waals surface area contributed by atoms with Gasteiger partial charge in [-0.3, -0.25) is 14.3 Å². The Morgan fingerprint density at radius 2 is 2.20 bits per heavy atom. The molecule has 1 fully saturated rings. The average Bonchev–Trinajstić information content (AvgIpc) is 3.11. The van der Waals surface area contributed by atoms with Crippen LogP contribution in [0.3, 0.4) is 0 Å². The lowest BCUT2D eigenvalue weighted by Crippen LogP contribution is -2.37. The van der Waals surface area contributed by atoms with Crippen LogP contribution in [0.2, 0.25) is 0 Å². The summed E-state index contributed by atoms with van der Waals surface area (Å²) in [7, 11) is 0. The number of amides is 1. The van der Waals surface area contributed by atoms with Crippen LogP contribution in [0.1, 0.15) is 37.6 Å². The first kappa shape index (κ1) is 14.6. The molecule has 0 aromatic carbocycles. The summed E-state index contributed by atoms with van der Waals surface area (Å²) in [5, 5.41) is 7.09. The van der Waals surface area contributed by atoms with E-state index in [-0.39, 0.29) is 24.3 Å². The Kier molecular flexibility index (Phi) is 4.42. The minimum atomic E-state index is -0.733. The van der Waals surface area contributed by atoms with E-state index >= 15 is 0 Å². The molecule has 0 aliphatic heterocycles. The standard InChI is InChI=1S/C14H21N3O3/c1-9-8-10(2)17(16-9)7-6-13(18)20-11(3)14(19)15-12-4-5-12/h8,11-12H,4-7H2,1-3H3,(H,15,19). The van der Waals surface area contributed by atoms with Gasteiger partial charge >= 0.3 is 5.97 Å². The van der Waals surface area contributed by atoms with Crippen molar-refractivity contribution in [2.24, 2.45) is 0 Å². The van der Waals surface area contributed by atoms with Crippen molar-refractivity contribution in [3.63, 3.8) is 0 Å². The molecule has 1 N–H and O–H groups in total. The fourth-order valence-electron chi connectivity index (χ4n) is 1.95. The molecule has 0 spiro atoms. The van der Waals surface area contributed by atoms with Crippen molar-refractivity contribution in [1.29, 1.82) is 0 Å². The molecule has 1 atom stereocenters. The van der Waals surface area contributed by atoms with Gasteiger partial charge < -0.3 is 10.1 Å². The van der Waals surface area contributed by atoms with Gasteiger partial charge in [-0.15, -0.1) is 0 Å². The van der Waals surface area contributed by atoms with Gasteiger partial charge in [0, 0.05) is 11.7 Å². The summed E-state index contributed by atoms with van der Waals surface area (Å²) < 4.78 is 6.89. The summed E-state index contributed by atoms with van der Waals surface area (Å²) in [6, 6.07) is 2.23. The number of esters is 1. The van der Waals surface area contributed by atoms with Crippen LogP contribution < -0.4 is 5.32 Å². The number of rotatable bonds is 6. The number of aromatic nitrogens is 2. The van der Waals surface area contributed by atoms with E-state index in [1.165, 1.54) is 0 Å². The van der Waals surface area contributed by atoms with Crippen molar-refractivity contribution >= 4 is 11.9 Å². The van der Waals surface area contributed by atoms with Crippen molar-refractivity contribution < 1.29 is 14.3 Å². The van der Waals surface area contributed by atoms with Crippen LogP contribution in [0.4, 0.5) is 0 Å². The first-order chi connectivity index (χ1) is 9.45. The molecule has 2 rings (SSSR count). The Labute approximate surface area is 118 Å². The molecule has 1 amide bonds. The van der Waals surface area contributed by atoms with E-state index in [9.17, 15) is 9.59 Å². The topological polar surface area (TPSA) is 73.2 Å². The van der Waals surface area contributed by atoms with E-state index in [0.29, 0.717) is 6.54 Å². The van der Waals surface area contributed by atoms with Crippen LogP contribution >= 0.6 is 0 Å². The van der Waals surface area contributed by atoms with Gasteiger partial charge in [0.15, 0.2) is 6.10 Å². The number of ether oxygens (including phenoxy) is 1. The minimum absolute atomic E-state index is 0.211. The van der Waals surface area contributed by atoms with E-state index in [1.54, 1.807) is 11.6 Å². The highest BCUT2D eigenvalue weighted by Gasteiger charge is 2.27. The van der Waals surface area contributed by atoms with Gasteiger partial charge in [0.1, 0.15) is 0 Å². The molecule has 1 aliphatic rings. The second kappa shape index (κ2) is 6.07. The first-order valence-corrected chi connectivity index (χ1v) is 6.96. The summed E-state index contributed by atoms with van der Waals surface area (Å²) >= 11 is 0. The number of hydrogen-bond donors (Lipinski definition) is 1. The molecular weight excluding hydrogens is 258 g/mol. The van der Waals surface area contributed by atoms with Gasteiger partial charge in [-0.25, -0.2) is 0 Å². The molecule has 6 heteroatoms. The Morgan fingerprint density at radius 3 is 2.75 bits per heavy atom. The van der Waals surface area contributed by atoms with Crippen molar-refractivity contribution in [1.82, 2.24) is 15.1 Å². The summed E-state index contributed by atoms with van der Waals surface area (Å²) in [6.45, 7) is 5.91. The maximum atomic E-state index is 11.7. The SMILES string of the molecule is Cc1cc(C)n(CCC(=O)OC(C)C(=O)NC2CC2)n1. The van der Waals surface area contributed by atoms with Crippen molar-refractivity contribution in [2.75, 3.05) is 0 Å². The fourth-order valence-corrected chi connectivity index (χ4v) is 1.95. The van der Waals surface area contributed by atoms with E-state index in [2.05, 4.69) is 10.4 Å². The molecule has 1 aromatic heterocycles. The third kappa shape index (κ3) is 4.08. The smallest absolute Gasteiger partial charge is 0.308 e. The normalized spacial score (nSPS) is 15.8. The summed E-state index contributed by atoms with van der Waals surface area (Å²) in [4.78, 5) is 23.4. The molecule has 1 unspecified atom stereocenters. The molecule has 0 radical (unpaired) electrons. The van der Waals surface area contributed by atoms with Crippen molar-refractivity contribution in [3.05, 3.63) is 17.5 Å². The van der Waals surface area contributed by atoms with Gasteiger partial charge in [0.25, 0.3) is 5.91 Å². The highest BCUT2D eigenvalue weighted by molar-refractivity contribution is 5.83. The molecular formula is C14H21N3O3. The number of carbonyl (C=O) groups excluding carboxylic acids is 2. The maximum absolute atomic E-state index is 11.7. The predicted octanol–water partition coefficient (Wildman–Crippen LogP) is 1.10. The van der Waals surface area contributed by atoms with E-state index in [4.69, 9.17) is 4.74 Å². The fraction of sp³-hybridized carbons (Fsp3) is 0.643. The quantitative estimate of drug-likeness (QED) is 0.791. The first-order valence-electron chi connectivity index (χ1n) is 6.96. The number of nitrogens with one attached hydrogen (secondary N) is 1. The van der Waals surface area contributed by atoms with Gasteiger partial charge in [-0.2, -0.15) is 5.10 Å². The Morgan fingerprint density at radius 1 is 1.50 bits per heavy atom. The Bertz CT molecular complexity index is 506. The van der Waals surface area contributed by atoms with Gasteiger partial charge in [-0.05, 0) is 39.7 Å². The summed E-state index contributed by atoms with van der Waals surface area (Å²) in [5.41, 5.74) is 1.93. The Balaban J connectivity index is 1.74. The molecule has 1 saturated carbocycles. The summed E-state index contributed by atoms with van der Waals surface area (Å²) in [5.74, 6) is -0.594. The monoisotopic (exact) mass is 279 g/mol. The van der Waals surface area contributed by atoms with Crippen LogP contribution in [0, 0.1) is 13.8 Å². The third-order valence-corrected chi connectivity index (χ3v) is 3.23. The molecule has 0 bridgehead atoms. The molecule has 1 aromatic rings. The van der Waals surface area contributed by atoms with E-state index in [0.717, 1.165) is 24.2 Å². The van der Waals surface area contributed by atoms with Gasteiger partial charge in [0.2, 0.25) is 0 Å². The number of nitrogens with zero attached hydrogens (tertiary/aromatic N) is 2. The molecule has 110 valence electrons. The zero-order valence-electron chi connectivity index (χ0n) is 12.2. The Hall–Kier alpha value is -1.85. The van der Waals surface area contributed by atoms with Crippen LogP contribution in [0.5, 0.6) is 0 Å². The zero-order valence-corrected chi connectivity index (χ0v) is 12.2. The number of hydrogen-bond acceptors (Lipinski definition) is 4. The van der Waals surface area contributed by atoms with Gasteiger partial charge in [0.05, 0.1) is 18.7 Å². The molecule has 20 heavy (non-hydrogen) atoms. The average molecular weight is 279 g/mol. The molecule has 0 saturated heterocycles. The molecule has 6 nitrogen and oxygen atoms in total. The lowest BCUT2D eigenvalue weighted by atomic mass is 10.3. The summed E-state index contributed by atoms with van der Waals surface area (Å²) in [6.07, 6.45) is 1.51. The predicted molar refractivity (Wildman–Crippen MR) is 73.0 cm³/mol.